The number of hydrogen-bond acceptors (Lipinski definition) is 5. The van der Waals surface area contributed by atoms with Gasteiger partial charge in [0.05, 0.1) is 12.7 Å². The molecule has 0 fully saturated rings. The molecule has 0 spiro atoms. The highest BCUT2D eigenvalue weighted by atomic mass is 16.4. The highest BCUT2D eigenvalue weighted by Gasteiger charge is 2.39. The second kappa shape index (κ2) is 4.15. The Morgan fingerprint density at radius 3 is 1.92 bits per heavy atom. The Hall–Kier alpha value is -0.200. The van der Waals surface area contributed by atoms with Crippen molar-refractivity contribution in [3.05, 3.63) is 0 Å². The van der Waals surface area contributed by atoms with Gasteiger partial charge >= 0.3 is 0 Å². The second-order valence-electron chi connectivity index (χ2n) is 3.10. The van der Waals surface area contributed by atoms with Gasteiger partial charge in [0.1, 0.15) is 17.8 Å². The first-order chi connectivity index (χ1) is 5.34. The Balaban J connectivity index is 4.34. The normalized spacial score (nSPS) is 24.2. The topological polar surface area (TPSA) is 101 Å². The third-order valence-electron chi connectivity index (χ3n) is 2.00. The molecule has 0 aliphatic rings. The van der Waals surface area contributed by atoms with E-state index in [9.17, 15) is 10.2 Å². The van der Waals surface area contributed by atoms with Gasteiger partial charge in [-0.3, -0.25) is 0 Å². The third-order valence-corrected chi connectivity index (χ3v) is 2.00. The van der Waals surface area contributed by atoms with Crippen molar-refractivity contribution in [3.8, 4) is 0 Å². The van der Waals surface area contributed by atoms with E-state index in [1.165, 1.54) is 13.8 Å². The molecule has 5 nitrogen and oxygen atoms in total. The molecule has 0 heterocycles. The van der Waals surface area contributed by atoms with Crippen molar-refractivity contribution in [2.75, 3.05) is 6.61 Å². The smallest absolute Gasteiger partial charge is 0.116 e. The van der Waals surface area contributed by atoms with Crippen molar-refractivity contribution in [1.29, 1.82) is 0 Å². The quantitative estimate of drug-likeness (QED) is 0.339. The molecule has 0 saturated carbocycles. The van der Waals surface area contributed by atoms with Crippen molar-refractivity contribution in [2.24, 2.45) is 0 Å². The SMILES string of the molecule is C[C@H](O)[C@@](C)(O)[C@@H](O)[C@H](O)CO. The molecule has 0 radical (unpaired) electrons. The maximum Gasteiger partial charge on any atom is 0.116 e. The fraction of sp³-hybridized carbons (Fsp3) is 1.00. The molecule has 0 rings (SSSR count). The summed E-state index contributed by atoms with van der Waals surface area (Å²) in [4.78, 5) is 0. The minimum absolute atomic E-state index is 0.663. The molecule has 0 bridgehead atoms. The van der Waals surface area contributed by atoms with Crippen LogP contribution < -0.4 is 0 Å². The zero-order valence-corrected chi connectivity index (χ0v) is 7.18. The van der Waals surface area contributed by atoms with Crippen LogP contribution in [0.5, 0.6) is 0 Å². The van der Waals surface area contributed by atoms with Gasteiger partial charge in [0, 0.05) is 0 Å². The van der Waals surface area contributed by atoms with Gasteiger partial charge in [-0.25, -0.2) is 0 Å². The molecule has 0 amide bonds. The first-order valence-corrected chi connectivity index (χ1v) is 3.71. The number of aliphatic hydroxyl groups excluding tert-OH is 4. The van der Waals surface area contributed by atoms with E-state index in [4.69, 9.17) is 15.3 Å². The van der Waals surface area contributed by atoms with Gasteiger partial charge in [0.15, 0.2) is 0 Å². The molecule has 5 N–H and O–H groups in total. The van der Waals surface area contributed by atoms with Crippen molar-refractivity contribution in [2.45, 2.75) is 37.8 Å². The van der Waals surface area contributed by atoms with Gasteiger partial charge in [0.2, 0.25) is 0 Å². The fourth-order valence-electron chi connectivity index (χ4n) is 0.736. The van der Waals surface area contributed by atoms with Crippen LogP contribution in [0.2, 0.25) is 0 Å². The van der Waals surface area contributed by atoms with Crippen molar-refractivity contribution in [1.82, 2.24) is 0 Å². The summed E-state index contributed by atoms with van der Waals surface area (Å²) in [6, 6.07) is 0. The molecule has 0 aliphatic carbocycles. The molecule has 0 unspecified atom stereocenters. The van der Waals surface area contributed by atoms with E-state index < -0.39 is 30.5 Å². The van der Waals surface area contributed by atoms with Crippen LogP contribution >= 0.6 is 0 Å². The first-order valence-electron chi connectivity index (χ1n) is 3.71. The maximum absolute atomic E-state index is 9.39. The maximum atomic E-state index is 9.39. The largest absolute Gasteiger partial charge is 0.394 e. The van der Waals surface area contributed by atoms with Crippen LogP contribution in [0.1, 0.15) is 13.8 Å². The van der Waals surface area contributed by atoms with Gasteiger partial charge in [-0.2, -0.15) is 0 Å². The van der Waals surface area contributed by atoms with Crippen LogP contribution in [0.15, 0.2) is 0 Å². The van der Waals surface area contributed by atoms with E-state index in [2.05, 4.69) is 0 Å². The minimum atomic E-state index is -1.82. The molecule has 12 heavy (non-hydrogen) atoms. The monoisotopic (exact) mass is 180 g/mol. The summed E-state index contributed by atoms with van der Waals surface area (Å²) in [5.41, 5.74) is -1.82. The number of rotatable bonds is 4. The van der Waals surface area contributed by atoms with E-state index >= 15 is 0 Å². The summed E-state index contributed by atoms with van der Waals surface area (Å²) in [5.74, 6) is 0. The highest BCUT2D eigenvalue weighted by molar-refractivity contribution is 4.90. The molecule has 4 atom stereocenters. The van der Waals surface area contributed by atoms with Crippen LogP contribution in [-0.4, -0.2) is 56.1 Å². The van der Waals surface area contributed by atoms with Crippen LogP contribution in [0, 0.1) is 0 Å². The Labute approximate surface area is 70.9 Å². The minimum Gasteiger partial charge on any atom is -0.394 e. The Morgan fingerprint density at radius 2 is 1.67 bits per heavy atom. The van der Waals surface area contributed by atoms with E-state index in [1.807, 2.05) is 0 Å². The van der Waals surface area contributed by atoms with Crippen molar-refractivity contribution in [3.63, 3.8) is 0 Å². The van der Waals surface area contributed by atoms with Crippen LogP contribution in [0.25, 0.3) is 0 Å². The number of hydrogen-bond donors (Lipinski definition) is 5. The molecular formula is C7H16O5. The van der Waals surface area contributed by atoms with Crippen molar-refractivity contribution >= 4 is 0 Å². The molecule has 0 saturated heterocycles. The van der Waals surface area contributed by atoms with E-state index in [0.717, 1.165) is 0 Å². The second-order valence-corrected chi connectivity index (χ2v) is 3.10. The van der Waals surface area contributed by atoms with Crippen LogP contribution in [0.4, 0.5) is 0 Å². The van der Waals surface area contributed by atoms with E-state index in [-0.39, 0.29) is 0 Å². The van der Waals surface area contributed by atoms with Gasteiger partial charge < -0.3 is 25.5 Å². The first kappa shape index (κ1) is 11.8. The molecular weight excluding hydrogens is 164 g/mol. The Morgan fingerprint density at radius 1 is 1.25 bits per heavy atom. The predicted octanol–water partition coefficient (Wildman–Crippen LogP) is -2.17. The van der Waals surface area contributed by atoms with E-state index in [1.54, 1.807) is 0 Å². The zero-order valence-electron chi connectivity index (χ0n) is 7.18. The summed E-state index contributed by atoms with van der Waals surface area (Å²) >= 11 is 0. The predicted molar refractivity (Wildman–Crippen MR) is 41.4 cm³/mol. The van der Waals surface area contributed by atoms with E-state index in [0.29, 0.717) is 0 Å². The van der Waals surface area contributed by atoms with Crippen molar-refractivity contribution < 1.29 is 25.5 Å². The molecule has 0 aromatic carbocycles. The molecule has 0 aliphatic heterocycles. The summed E-state index contributed by atoms with van der Waals surface area (Å²) in [6.07, 6.45) is -4.20. The summed E-state index contributed by atoms with van der Waals surface area (Å²) < 4.78 is 0. The molecule has 0 aromatic rings. The van der Waals surface area contributed by atoms with Gasteiger partial charge in [-0.15, -0.1) is 0 Å². The molecule has 74 valence electrons. The summed E-state index contributed by atoms with van der Waals surface area (Å²) in [6.45, 7) is 1.80. The molecule has 0 aromatic heterocycles. The average Bonchev–Trinajstić information content (AvgIpc) is 2.01. The standard InChI is InChI=1S/C7H16O5/c1-4(9)7(2,12)6(11)5(10)3-8/h4-6,8-12H,3H2,1-2H3/t4-,5+,6-,7+/m0/s1. The Bertz CT molecular complexity index is 134. The van der Waals surface area contributed by atoms with Gasteiger partial charge in [-0.05, 0) is 13.8 Å². The lowest BCUT2D eigenvalue weighted by Gasteiger charge is -2.33. The lowest BCUT2D eigenvalue weighted by molar-refractivity contribution is -0.168. The third kappa shape index (κ3) is 2.40. The Kier molecular flexibility index (Phi) is 4.09. The molecule has 5 heteroatoms. The summed E-state index contributed by atoms with van der Waals surface area (Å²) in [7, 11) is 0. The number of aliphatic hydroxyl groups is 5. The lowest BCUT2D eigenvalue weighted by atomic mass is 9.90. The van der Waals surface area contributed by atoms with Gasteiger partial charge in [-0.1, -0.05) is 0 Å². The zero-order chi connectivity index (χ0) is 9.94. The van der Waals surface area contributed by atoms with Crippen LogP contribution in [0.3, 0.4) is 0 Å². The lowest BCUT2D eigenvalue weighted by Crippen LogP contribution is -2.54. The average molecular weight is 180 g/mol. The fourth-order valence-corrected chi connectivity index (χ4v) is 0.736. The highest BCUT2D eigenvalue weighted by Crippen LogP contribution is 2.17. The van der Waals surface area contributed by atoms with Gasteiger partial charge in [0.25, 0.3) is 0 Å². The van der Waals surface area contributed by atoms with Crippen LogP contribution in [-0.2, 0) is 0 Å². The summed E-state index contributed by atoms with van der Waals surface area (Å²) in [5, 5.41) is 45.0.